The first kappa shape index (κ1) is 12.2. The molecule has 1 unspecified atom stereocenters. The highest BCUT2D eigenvalue weighted by Crippen LogP contribution is 2.52. The van der Waals surface area contributed by atoms with Gasteiger partial charge in [0.25, 0.3) is 0 Å². The van der Waals surface area contributed by atoms with E-state index in [0.717, 1.165) is 18.4 Å². The molecule has 1 aromatic carbocycles. The summed E-state index contributed by atoms with van der Waals surface area (Å²) in [5.41, 5.74) is 5.49. The van der Waals surface area contributed by atoms with Crippen LogP contribution in [0.2, 0.25) is 5.02 Å². The van der Waals surface area contributed by atoms with E-state index in [4.69, 9.17) is 28.9 Å². The molecule has 88 valence electrons. The fourth-order valence-corrected chi connectivity index (χ4v) is 2.39. The van der Waals surface area contributed by atoms with Gasteiger partial charge in [-0.1, -0.05) is 29.8 Å². The second kappa shape index (κ2) is 4.19. The van der Waals surface area contributed by atoms with Crippen molar-refractivity contribution in [1.29, 1.82) is 0 Å². The van der Waals surface area contributed by atoms with Gasteiger partial charge in [-0.2, -0.15) is 0 Å². The Balaban J connectivity index is 2.22. The predicted molar refractivity (Wildman–Crippen MR) is 67.0 cm³/mol. The third-order valence-corrected chi connectivity index (χ3v) is 4.40. The van der Waals surface area contributed by atoms with Crippen LogP contribution in [0.4, 0.5) is 0 Å². The number of halogens is 2. The minimum atomic E-state index is -1.06. The molecule has 0 aliphatic heterocycles. The number of rotatable bonds is 4. The highest BCUT2D eigenvalue weighted by Gasteiger charge is 2.57. The highest BCUT2D eigenvalue weighted by molar-refractivity contribution is 6.31. The molecule has 1 fully saturated rings. The Kier molecular flexibility index (Phi) is 3.19. The van der Waals surface area contributed by atoms with Crippen molar-refractivity contribution in [3.05, 3.63) is 34.9 Å². The number of benzene rings is 1. The van der Waals surface area contributed by atoms with E-state index < -0.39 is 10.5 Å². The first-order chi connectivity index (χ1) is 7.51. The minimum absolute atomic E-state index is 0.154. The van der Waals surface area contributed by atoms with E-state index in [0.29, 0.717) is 11.4 Å². The molecule has 4 heteroatoms. The minimum Gasteiger partial charge on any atom is -0.386 e. The average molecular weight is 260 g/mol. The SMILES string of the molecule is NCC(O)(Cc1ccccc1Cl)C1(Cl)CC1. The van der Waals surface area contributed by atoms with Gasteiger partial charge >= 0.3 is 0 Å². The third-order valence-electron chi connectivity index (χ3n) is 3.30. The maximum absolute atomic E-state index is 10.5. The lowest BCUT2D eigenvalue weighted by atomic mass is 9.89. The largest absolute Gasteiger partial charge is 0.386 e. The molecule has 2 rings (SSSR count). The molecule has 0 bridgehead atoms. The summed E-state index contributed by atoms with van der Waals surface area (Å²) in [6.45, 7) is 0.154. The Labute approximate surface area is 105 Å². The molecule has 1 aromatic rings. The summed E-state index contributed by atoms with van der Waals surface area (Å²) in [4.78, 5) is -0.555. The molecule has 1 atom stereocenters. The molecular weight excluding hydrogens is 245 g/mol. The molecule has 2 nitrogen and oxygen atoms in total. The van der Waals surface area contributed by atoms with Crippen molar-refractivity contribution in [3.8, 4) is 0 Å². The number of nitrogens with two attached hydrogens (primary N) is 1. The van der Waals surface area contributed by atoms with Crippen LogP contribution >= 0.6 is 23.2 Å². The Morgan fingerprint density at radius 3 is 2.50 bits per heavy atom. The summed E-state index contributed by atoms with van der Waals surface area (Å²) in [6, 6.07) is 7.46. The van der Waals surface area contributed by atoms with Gasteiger partial charge in [0.15, 0.2) is 0 Å². The second-order valence-electron chi connectivity index (χ2n) is 4.47. The van der Waals surface area contributed by atoms with Gasteiger partial charge in [0.2, 0.25) is 0 Å². The van der Waals surface area contributed by atoms with Crippen LogP contribution in [-0.4, -0.2) is 22.1 Å². The van der Waals surface area contributed by atoms with Crippen LogP contribution < -0.4 is 5.73 Å². The molecule has 0 saturated heterocycles. The molecular formula is C12H15Cl2NO. The van der Waals surface area contributed by atoms with Gasteiger partial charge in [-0.15, -0.1) is 11.6 Å². The van der Waals surface area contributed by atoms with E-state index in [-0.39, 0.29) is 6.54 Å². The van der Waals surface area contributed by atoms with Crippen molar-refractivity contribution >= 4 is 23.2 Å². The summed E-state index contributed by atoms with van der Waals surface area (Å²) < 4.78 is 0. The van der Waals surface area contributed by atoms with Crippen molar-refractivity contribution in [2.45, 2.75) is 29.7 Å². The van der Waals surface area contributed by atoms with Crippen molar-refractivity contribution in [2.24, 2.45) is 5.73 Å². The molecule has 1 saturated carbocycles. The van der Waals surface area contributed by atoms with Crippen molar-refractivity contribution < 1.29 is 5.11 Å². The Bertz CT molecular complexity index is 392. The van der Waals surface area contributed by atoms with E-state index in [1.54, 1.807) is 0 Å². The fourth-order valence-electron chi connectivity index (χ4n) is 1.95. The van der Waals surface area contributed by atoms with Crippen LogP contribution in [-0.2, 0) is 6.42 Å². The summed E-state index contributed by atoms with van der Waals surface area (Å²) in [5.74, 6) is 0. The first-order valence-corrected chi connectivity index (χ1v) is 6.11. The molecule has 0 heterocycles. The number of hydrogen-bond donors (Lipinski definition) is 2. The van der Waals surface area contributed by atoms with Crippen LogP contribution in [0.1, 0.15) is 18.4 Å². The Hall–Kier alpha value is -0.280. The van der Waals surface area contributed by atoms with Crippen LogP contribution in [0.25, 0.3) is 0 Å². The lowest BCUT2D eigenvalue weighted by molar-refractivity contribution is 0.0371. The van der Waals surface area contributed by atoms with Crippen molar-refractivity contribution in [2.75, 3.05) is 6.54 Å². The number of alkyl halides is 1. The summed E-state index contributed by atoms with van der Waals surface area (Å²) in [6.07, 6.45) is 2.03. The molecule has 3 N–H and O–H groups in total. The number of hydrogen-bond acceptors (Lipinski definition) is 2. The van der Waals surface area contributed by atoms with E-state index in [1.165, 1.54) is 0 Å². The van der Waals surface area contributed by atoms with Crippen LogP contribution in [0, 0.1) is 0 Å². The smallest absolute Gasteiger partial charge is 0.1000 e. The third kappa shape index (κ3) is 2.07. The number of aliphatic hydroxyl groups is 1. The van der Waals surface area contributed by atoms with Crippen molar-refractivity contribution in [3.63, 3.8) is 0 Å². The van der Waals surface area contributed by atoms with Crippen molar-refractivity contribution in [1.82, 2.24) is 0 Å². The molecule has 0 spiro atoms. The maximum Gasteiger partial charge on any atom is 0.1000 e. The molecule has 0 radical (unpaired) electrons. The van der Waals surface area contributed by atoms with Crippen LogP contribution in [0.3, 0.4) is 0 Å². The summed E-state index contributed by atoms with van der Waals surface area (Å²) >= 11 is 12.3. The fraction of sp³-hybridized carbons (Fsp3) is 0.500. The molecule has 0 amide bonds. The topological polar surface area (TPSA) is 46.2 Å². The molecule has 16 heavy (non-hydrogen) atoms. The Morgan fingerprint density at radius 1 is 1.38 bits per heavy atom. The van der Waals surface area contributed by atoms with Crippen LogP contribution in [0.15, 0.2) is 24.3 Å². The summed E-state index contributed by atoms with van der Waals surface area (Å²) in [5, 5.41) is 11.1. The zero-order valence-corrected chi connectivity index (χ0v) is 10.4. The lowest BCUT2D eigenvalue weighted by Crippen LogP contribution is -2.49. The van der Waals surface area contributed by atoms with E-state index >= 15 is 0 Å². The molecule has 1 aliphatic rings. The van der Waals surface area contributed by atoms with Gasteiger partial charge in [0.05, 0.1) is 10.5 Å². The van der Waals surface area contributed by atoms with Gasteiger partial charge in [0, 0.05) is 18.0 Å². The van der Waals surface area contributed by atoms with Gasteiger partial charge in [-0.05, 0) is 24.5 Å². The Morgan fingerprint density at radius 2 is 2.00 bits per heavy atom. The molecule has 0 aromatic heterocycles. The standard InChI is InChI=1S/C12H15Cl2NO/c13-10-4-2-1-3-9(10)7-12(16,8-15)11(14)5-6-11/h1-4,16H,5-8,15H2. The molecule has 1 aliphatic carbocycles. The van der Waals surface area contributed by atoms with Gasteiger partial charge in [-0.3, -0.25) is 0 Å². The quantitative estimate of drug-likeness (QED) is 0.816. The first-order valence-electron chi connectivity index (χ1n) is 5.35. The zero-order chi connectivity index (χ0) is 11.8. The van der Waals surface area contributed by atoms with E-state index in [9.17, 15) is 5.11 Å². The average Bonchev–Trinajstić information content (AvgIpc) is 3.01. The van der Waals surface area contributed by atoms with Crippen LogP contribution in [0.5, 0.6) is 0 Å². The van der Waals surface area contributed by atoms with E-state index in [1.807, 2.05) is 24.3 Å². The predicted octanol–water partition coefficient (Wildman–Crippen LogP) is 2.34. The van der Waals surface area contributed by atoms with E-state index in [2.05, 4.69) is 0 Å². The lowest BCUT2D eigenvalue weighted by Gasteiger charge is -2.32. The van der Waals surface area contributed by atoms with Gasteiger partial charge in [0.1, 0.15) is 0 Å². The normalized spacial score (nSPS) is 21.5. The van der Waals surface area contributed by atoms with Gasteiger partial charge < -0.3 is 10.8 Å². The maximum atomic E-state index is 10.5. The highest BCUT2D eigenvalue weighted by atomic mass is 35.5. The zero-order valence-electron chi connectivity index (χ0n) is 8.92. The second-order valence-corrected chi connectivity index (χ2v) is 5.60. The summed E-state index contributed by atoms with van der Waals surface area (Å²) in [7, 11) is 0. The van der Waals surface area contributed by atoms with Gasteiger partial charge in [-0.25, -0.2) is 0 Å². The monoisotopic (exact) mass is 259 g/mol.